The van der Waals surface area contributed by atoms with E-state index in [0.717, 1.165) is 0 Å². The molecule has 6 nitrogen and oxygen atoms in total. The lowest BCUT2D eigenvalue weighted by Gasteiger charge is -2.32. The molecule has 0 saturated heterocycles. The smallest absolute Gasteiger partial charge is 0.342 e. The number of amides is 1. The van der Waals surface area contributed by atoms with E-state index in [2.05, 4.69) is 20.0 Å². The number of nitrogens with zero attached hydrogens (tertiary/aromatic N) is 2. The molecule has 2 heterocycles. The minimum atomic E-state index is -4.80. The SMILES string of the molecule is CCC(=O)NC(C)(C1=CC=C(c2noc(C(F)(F)F)n2)S1=O)c1ccccc1. The number of hydrogen-bond donors (Lipinski definition) is 1. The molecule has 0 aliphatic carbocycles. The zero-order chi connectivity index (χ0) is 20.5. The van der Waals surface area contributed by atoms with E-state index in [1.165, 1.54) is 12.2 Å². The van der Waals surface area contributed by atoms with E-state index in [9.17, 15) is 22.2 Å². The summed E-state index contributed by atoms with van der Waals surface area (Å²) in [6.45, 7) is 3.37. The lowest BCUT2D eigenvalue weighted by Crippen LogP contribution is -2.45. The van der Waals surface area contributed by atoms with Crippen LogP contribution in [0.2, 0.25) is 0 Å². The highest BCUT2D eigenvalue weighted by molar-refractivity contribution is 7.98. The Hall–Kier alpha value is -2.75. The van der Waals surface area contributed by atoms with E-state index < -0.39 is 34.2 Å². The molecule has 2 aromatic rings. The number of hydrogen-bond acceptors (Lipinski definition) is 5. The van der Waals surface area contributed by atoms with Gasteiger partial charge in [0.1, 0.15) is 0 Å². The molecule has 10 heteroatoms. The highest BCUT2D eigenvalue weighted by atomic mass is 32.2. The number of benzene rings is 1. The number of nitrogens with one attached hydrogen (secondary N) is 1. The highest BCUT2D eigenvalue weighted by Gasteiger charge is 2.42. The Morgan fingerprint density at radius 2 is 1.89 bits per heavy atom. The minimum Gasteiger partial charge on any atom is -0.342 e. The molecule has 1 aromatic carbocycles. The van der Waals surface area contributed by atoms with Gasteiger partial charge >= 0.3 is 12.1 Å². The predicted octanol–water partition coefficient (Wildman–Crippen LogP) is 3.52. The van der Waals surface area contributed by atoms with Crippen molar-refractivity contribution in [1.82, 2.24) is 15.5 Å². The molecule has 0 saturated carbocycles. The van der Waals surface area contributed by atoms with Gasteiger partial charge in [0, 0.05) is 6.42 Å². The number of carbonyl (C=O) groups excluding carboxylic acids is 1. The van der Waals surface area contributed by atoms with Crippen LogP contribution < -0.4 is 5.32 Å². The topological polar surface area (TPSA) is 85.1 Å². The standard InChI is InChI=1S/C18H16F3N3O3S/c1-3-14(25)23-17(2,11-7-5-4-6-8-11)13-10-9-12(28(13)26)15-22-16(27-24-15)18(19,20)21/h4-10H,3H2,1-2H3,(H,23,25). The van der Waals surface area contributed by atoms with Gasteiger partial charge in [-0.15, -0.1) is 0 Å². The van der Waals surface area contributed by atoms with Crippen molar-refractivity contribution in [2.45, 2.75) is 32.0 Å². The van der Waals surface area contributed by atoms with Crippen molar-refractivity contribution < 1.29 is 26.7 Å². The molecule has 0 bridgehead atoms. The van der Waals surface area contributed by atoms with Gasteiger partial charge in [0.15, 0.2) is 0 Å². The molecule has 0 radical (unpaired) electrons. The lowest BCUT2D eigenvalue weighted by molar-refractivity contribution is -0.159. The van der Waals surface area contributed by atoms with Gasteiger partial charge < -0.3 is 9.84 Å². The number of allylic oxidation sites excluding steroid dienone is 2. The summed E-state index contributed by atoms with van der Waals surface area (Å²) in [7, 11) is -1.90. The summed E-state index contributed by atoms with van der Waals surface area (Å²) >= 11 is 0. The first-order chi connectivity index (χ1) is 13.2. The van der Waals surface area contributed by atoms with E-state index in [1.807, 2.05) is 0 Å². The van der Waals surface area contributed by atoms with Gasteiger partial charge in [0.25, 0.3) is 0 Å². The van der Waals surface area contributed by atoms with Crippen molar-refractivity contribution in [3.05, 3.63) is 64.7 Å². The van der Waals surface area contributed by atoms with Gasteiger partial charge in [0.05, 0.1) is 26.1 Å². The molecular formula is C18H16F3N3O3S. The van der Waals surface area contributed by atoms with Crippen LogP contribution in [0.5, 0.6) is 0 Å². The second-order valence-electron chi connectivity index (χ2n) is 6.14. The molecule has 1 N–H and O–H groups in total. The van der Waals surface area contributed by atoms with E-state index in [0.29, 0.717) is 10.5 Å². The average Bonchev–Trinajstić information content (AvgIpc) is 3.29. The maximum Gasteiger partial charge on any atom is 0.471 e. The molecule has 0 spiro atoms. The van der Waals surface area contributed by atoms with Crippen LogP contribution in [-0.4, -0.2) is 20.3 Å². The van der Waals surface area contributed by atoms with Crippen molar-refractivity contribution >= 4 is 21.6 Å². The number of alkyl halides is 3. The summed E-state index contributed by atoms with van der Waals surface area (Å²) in [6, 6.07) is 8.87. The van der Waals surface area contributed by atoms with Crippen LogP contribution in [0.3, 0.4) is 0 Å². The molecule has 28 heavy (non-hydrogen) atoms. The Balaban J connectivity index is 1.95. The van der Waals surface area contributed by atoms with E-state index in [-0.39, 0.29) is 17.2 Å². The molecule has 1 aliphatic rings. The average molecular weight is 411 g/mol. The molecule has 2 unspecified atom stereocenters. The van der Waals surface area contributed by atoms with Crippen molar-refractivity contribution in [2.75, 3.05) is 0 Å². The maximum absolute atomic E-state index is 13.1. The van der Waals surface area contributed by atoms with Crippen LogP contribution in [0.1, 0.15) is 37.5 Å². The molecule has 2 atom stereocenters. The van der Waals surface area contributed by atoms with E-state index in [1.54, 1.807) is 44.2 Å². The third-order valence-electron chi connectivity index (χ3n) is 4.23. The second-order valence-corrected chi connectivity index (χ2v) is 7.56. The Bertz CT molecular complexity index is 983. The fraction of sp³-hybridized carbons (Fsp3) is 0.278. The van der Waals surface area contributed by atoms with Crippen LogP contribution in [-0.2, 0) is 27.3 Å². The van der Waals surface area contributed by atoms with Crippen LogP contribution in [0.25, 0.3) is 4.91 Å². The van der Waals surface area contributed by atoms with Crippen LogP contribution >= 0.6 is 0 Å². The van der Waals surface area contributed by atoms with Crippen LogP contribution in [0.15, 0.2) is 51.9 Å². The van der Waals surface area contributed by atoms with Crippen LogP contribution in [0, 0.1) is 0 Å². The minimum absolute atomic E-state index is 0.0258. The first-order valence-corrected chi connectivity index (χ1v) is 9.44. The molecule has 1 aromatic heterocycles. The molecule has 3 rings (SSSR count). The molecule has 148 valence electrons. The van der Waals surface area contributed by atoms with Gasteiger partial charge in [-0.2, -0.15) is 18.2 Å². The van der Waals surface area contributed by atoms with Crippen molar-refractivity contribution in [2.24, 2.45) is 0 Å². The normalized spacial score (nSPS) is 19.0. The van der Waals surface area contributed by atoms with Crippen molar-refractivity contribution in [3.8, 4) is 0 Å². The summed E-state index contributed by atoms with van der Waals surface area (Å²) in [5.74, 6) is -2.19. The van der Waals surface area contributed by atoms with Gasteiger partial charge in [-0.3, -0.25) is 4.79 Å². The fourth-order valence-corrected chi connectivity index (χ4v) is 4.16. The molecule has 1 amide bonds. The summed E-state index contributed by atoms with van der Waals surface area (Å²) < 4.78 is 55.4. The van der Waals surface area contributed by atoms with Gasteiger partial charge in [-0.25, -0.2) is 4.21 Å². The quantitative estimate of drug-likeness (QED) is 0.814. The van der Waals surface area contributed by atoms with E-state index in [4.69, 9.17) is 0 Å². The molecular weight excluding hydrogens is 395 g/mol. The van der Waals surface area contributed by atoms with Gasteiger partial charge in [-0.1, -0.05) is 42.4 Å². The largest absolute Gasteiger partial charge is 0.471 e. The summed E-state index contributed by atoms with van der Waals surface area (Å²) in [4.78, 5) is 15.7. The molecule has 0 fully saturated rings. The third kappa shape index (κ3) is 3.64. The number of rotatable bonds is 5. The first kappa shape index (κ1) is 20.0. The summed E-state index contributed by atoms with van der Waals surface area (Å²) in [5.41, 5.74) is -0.455. The Kier molecular flexibility index (Phi) is 5.24. The third-order valence-corrected chi connectivity index (χ3v) is 5.89. The lowest BCUT2D eigenvalue weighted by atomic mass is 9.90. The summed E-state index contributed by atoms with van der Waals surface area (Å²) in [6.07, 6.45) is -1.72. The number of carbonyl (C=O) groups is 1. The van der Waals surface area contributed by atoms with Crippen molar-refractivity contribution in [1.29, 1.82) is 0 Å². The van der Waals surface area contributed by atoms with Gasteiger partial charge in [-0.05, 0) is 24.6 Å². The predicted molar refractivity (Wildman–Crippen MR) is 95.7 cm³/mol. The number of aromatic nitrogens is 2. The van der Waals surface area contributed by atoms with Crippen molar-refractivity contribution in [3.63, 3.8) is 0 Å². The highest BCUT2D eigenvalue weighted by Crippen LogP contribution is 2.40. The Morgan fingerprint density at radius 3 is 2.46 bits per heavy atom. The van der Waals surface area contributed by atoms with Gasteiger partial charge in [0.2, 0.25) is 11.7 Å². The maximum atomic E-state index is 13.1. The summed E-state index contributed by atoms with van der Waals surface area (Å²) in [5, 5.41) is 6.15. The number of halogens is 3. The Morgan fingerprint density at radius 1 is 1.21 bits per heavy atom. The van der Waals surface area contributed by atoms with E-state index >= 15 is 0 Å². The first-order valence-electron chi connectivity index (χ1n) is 8.29. The zero-order valence-corrected chi connectivity index (χ0v) is 15.7. The zero-order valence-electron chi connectivity index (χ0n) is 14.9. The second kappa shape index (κ2) is 7.34. The fourth-order valence-electron chi connectivity index (χ4n) is 2.76. The van der Waals surface area contributed by atoms with Crippen LogP contribution in [0.4, 0.5) is 13.2 Å². The monoisotopic (exact) mass is 411 g/mol. The Labute approximate surface area is 161 Å². The molecule has 1 aliphatic heterocycles.